The van der Waals surface area contributed by atoms with Crippen molar-refractivity contribution in [2.75, 3.05) is 13.6 Å². The van der Waals surface area contributed by atoms with Crippen molar-refractivity contribution in [3.05, 3.63) is 59.0 Å². The van der Waals surface area contributed by atoms with E-state index in [9.17, 15) is 0 Å². The number of hydrogen-bond acceptors (Lipinski definition) is 3. The smallest absolute Gasteiger partial charge is 0.117 e. The monoisotopic (exact) mass is 264 g/mol. The van der Waals surface area contributed by atoms with E-state index in [-0.39, 0.29) is 6.04 Å². The van der Waals surface area contributed by atoms with Crippen molar-refractivity contribution >= 4 is 11.6 Å². The molecule has 2 aromatic rings. The third kappa shape index (κ3) is 2.93. The third-order valence-electron chi connectivity index (χ3n) is 3.00. The van der Waals surface area contributed by atoms with E-state index in [4.69, 9.17) is 21.8 Å². The van der Waals surface area contributed by atoms with E-state index in [1.807, 2.05) is 43.4 Å². The van der Waals surface area contributed by atoms with Gasteiger partial charge in [-0.15, -0.1) is 0 Å². The lowest BCUT2D eigenvalue weighted by Crippen LogP contribution is -2.30. The van der Waals surface area contributed by atoms with Crippen molar-refractivity contribution < 1.29 is 4.42 Å². The summed E-state index contributed by atoms with van der Waals surface area (Å²) in [5.41, 5.74) is 6.92. The Hall–Kier alpha value is -1.29. The lowest BCUT2D eigenvalue weighted by molar-refractivity contribution is 0.223. The molecular formula is C14H17ClN2O. The Kier molecular flexibility index (Phi) is 4.42. The highest BCUT2D eigenvalue weighted by Gasteiger charge is 2.18. The quantitative estimate of drug-likeness (QED) is 0.903. The lowest BCUT2D eigenvalue weighted by atomic mass is 10.1. The van der Waals surface area contributed by atoms with Crippen LogP contribution in [0.3, 0.4) is 0 Å². The molecule has 0 spiro atoms. The minimum absolute atomic E-state index is 0.0869. The van der Waals surface area contributed by atoms with Gasteiger partial charge in [0.25, 0.3) is 0 Å². The van der Waals surface area contributed by atoms with Gasteiger partial charge in [-0.2, -0.15) is 0 Å². The van der Waals surface area contributed by atoms with Gasteiger partial charge in [-0.1, -0.05) is 29.8 Å². The Labute approximate surface area is 112 Å². The second-order valence-electron chi connectivity index (χ2n) is 4.27. The van der Waals surface area contributed by atoms with Crippen LogP contribution < -0.4 is 5.73 Å². The van der Waals surface area contributed by atoms with Crippen LogP contribution in [0.25, 0.3) is 0 Å². The molecule has 1 unspecified atom stereocenters. The standard InChI is InChI=1S/C14H17ClN2O/c1-17(10-11-5-4-8-18-11)14(9-16)12-6-2-3-7-13(12)15/h2-8,14H,9-10,16H2,1H3. The average Bonchev–Trinajstić information content (AvgIpc) is 2.85. The van der Waals surface area contributed by atoms with Gasteiger partial charge in [-0.25, -0.2) is 0 Å². The molecule has 0 fully saturated rings. The van der Waals surface area contributed by atoms with E-state index >= 15 is 0 Å². The van der Waals surface area contributed by atoms with Crippen molar-refractivity contribution in [1.82, 2.24) is 4.90 Å². The number of halogens is 1. The van der Waals surface area contributed by atoms with Crippen molar-refractivity contribution in [2.24, 2.45) is 5.73 Å². The first-order chi connectivity index (χ1) is 8.72. The predicted molar refractivity (Wildman–Crippen MR) is 73.4 cm³/mol. The van der Waals surface area contributed by atoms with Crippen molar-refractivity contribution in [3.63, 3.8) is 0 Å². The third-order valence-corrected chi connectivity index (χ3v) is 3.35. The number of nitrogens with zero attached hydrogens (tertiary/aromatic N) is 1. The van der Waals surface area contributed by atoms with Gasteiger partial charge >= 0.3 is 0 Å². The summed E-state index contributed by atoms with van der Waals surface area (Å²) in [6, 6.07) is 11.7. The van der Waals surface area contributed by atoms with Gasteiger partial charge in [0.2, 0.25) is 0 Å². The van der Waals surface area contributed by atoms with Crippen molar-refractivity contribution in [1.29, 1.82) is 0 Å². The zero-order valence-corrected chi connectivity index (χ0v) is 11.1. The number of furan rings is 1. The first-order valence-electron chi connectivity index (χ1n) is 5.89. The van der Waals surface area contributed by atoms with E-state index in [1.165, 1.54) is 0 Å². The average molecular weight is 265 g/mol. The summed E-state index contributed by atoms with van der Waals surface area (Å²) in [6.45, 7) is 1.22. The van der Waals surface area contributed by atoms with Crippen LogP contribution in [0.2, 0.25) is 5.02 Å². The molecule has 18 heavy (non-hydrogen) atoms. The molecule has 0 aliphatic carbocycles. The molecule has 0 saturated carbocycles. The molecule has 0 aliphatic heterocycles. The Bertz CT molecular complexity index is 484. The molecular weight excluding hydrogens is 248 g/mol. The fourth-order valence-electron chi connectivity index (χ4n) is 2.05. The maximum absolute atomic E-state index is 6.22. The molecule has 1 heterocycles. The van der Waals surface area contributed by atoms with E-state index in [2.05, 4.69) is 4.90 Å². The molecule has 0 radical (unpaired) electrons. The van der Waals surface area contributed by atoms with Gasteiger partial charge in [0.05, 0.1) is 12.8 Å². The topological polar surface area (TPSA) is 42.4 Å². The molecule has 1 atom stereocenters. The van der Waals surface area contributed by atoms with Crippen LogP contribution in [0.15, 0.2) is 47.1 Å². The molecule has 96 valence electrons. The minimum Gasteiger partial charge on any atom is -0.468 e. The number of likely N-dealkylation sites (N-methyl/N-ethyl adjacent to an activating group) is 1. The molecule has 3 nitrogen and oxygen atoms in total. The van der Waals surface area contributed by atoms with Crippen LogP contribution in [-0.2, 0) is 6.54 Å². The van der Waals surface area contributed by atoms with E-state index in [0.717, 1.165) is 16.3 Å². The number of hydrogen-bond donors (Lipinski definition) is 1. The minimum atomic E-state index is 0.0869. The van der Waals surface area contributed by atoms with Gasteiger partial charge in [0, 0.05) is 17.6 Å². The molecule has 0 aliphatic rings. The summed E-state index contributed by atoms with van der Waals surface area (Å²) in [7, 11) is 2.02. The zero-order valence-electron chi connectivity index (χ0n) is 10.3. The summed E-state index contributed by atoms with van der Waals surface area (Å²) >= 11 is 6.22. The van der Waals surface area contributed by atoms with Gasteiger partial charge in [0.15, 0.2) is 0 Å². The largest absolute Gasteiger partial charge is 0.468 e. The highest BCUT2D eigenvalue weighted by atomic mass is 35.5. The number of nitrogens with two attached hydrogens (primary N) is 1. The van der Waals surface area contributed by atoms with Gasteiger partial charge < -0.3 is 10.2 Å². The zero-order chi connectivity index (χ0) is 13.0. The van der Waals surface area contributed by atoms with E-state index in [1.54, 1.807) is 6.26 Å². The number of rotatable bonds is 5. The molecule has 2 N–H and O–H groups in total. The Morgan fingerprint density at radius 2 is 2.06 bits per heavy atom. The maximum Gasteiger partial charge on any atom is 0.117 e. The molecule has 1 aromatic heterocycles. The second-order valence-corrected chi connectivity index (χ2v) is 4.67. The second kappa shape index (κ2) is 6.05. The summed E-state index contributed by atoms with van der Waals surface area (Å²) in [5.74, 6) is 0.919. The fourth-order valence-corrected chi connectivity index (χ4v) is 2.31. The molecule has 1 aromatic carbocycles. The SMILES string of the molecule is CN(Cc1ccco1)C(CN)c1ccccc1Cl. The van der Waals surface area contributed by atoms with E-state index in [0.29, 0.717) is 13.1 Å². The summed E-state index contributed by atoms with van der Waals surface area (Å²) in [4.78, 5) is 2.14. The Morgan fingerprint density at radius 3 is 2.67 bits per heavy atom. The highest BCUT2D eigenvalue weighted by molar-refractivity contribution is 6.31. The van der Waals surface area contributed by atoms with Crippen LogP contribution in [0.1, 0.15) is 17.4 Å². The normalized spacial score (nSPS) is 12.9. The fraction of sp³-hybridized carbons (Fsp3) is 0.286. The predicted octanol–water partition coefficient (Wildman–Crippen LogP) is 3.06. The molecule has 0 amide bonds. The molecule has 4 heteroatoms. The van der Waals surface area contributed by atoms with Crippen LogP contribution >= 0.6 is 11.6 Å². The molecule has 0 bridgehead atoms. The van der Waals surface area contributed by atoms with Crippen LogP contribution in [-0.4, -0.2) is 18.5 Å². The Morgan fingerprint density at radius 1 is 1.28 bits per heavy atom. The summed E-state index contributed by atoms with van der Waals surface area (Å²) < 4.78 is 5.35. The first kappa shape index (κ1) is 13.1. The van der Waals surface area contributed by atoms with Crippen molar-refractivity contribution in [2.45, 2.75) is 12.6 Å². The maximum atomic E-state index is 6.22. The summed E-state index contributed by atoms with van der Waals surface area (Å²) in [5, 5.41) is 0.749. The van der Waals surface area contributed by atoms with Gasteiger partial charge in [-0.3, -0.25) is 4.90 Å². The van der Waals surface area contributed by atoms with Crippen LogP contribution in [0, 0.1) is 0 Å². The first-order valence-corrected chi connectivity index (χ1v) is 6.27. The summed E-state index contributed by atoms with van der Waals surface area (Å²) in [6.07, 6.45) is 1.68. The van der Waals surface area contributed by atoms with Crippen LogP contribution in [0.4, 0.5) is 0 Å². The van der Waals surface area contributed by atoms with Crippen LogP contribution in [0.5, 0.6) is 0 Å². The molecule has 2 rings (SSSR count). The van der Waals surface area contributed by atoms with Crippen molar-refractivity contribution in [3.8, 4) is 0 Å². The molecule has 0 saturated heterocycles. The number of benzene rings is 1. The highest BCUT2D eigenvalue weighted by Crippen LogP contribution is 2.26. The van der Waals surface area contributed by atoms with E-state index < -0.39 is 0 Å². The van der Waals surface area contributed by atoms with Gasteiger partial charge in [0.1, 0.15) is 5.76 Å². The lowest BCUT2D eigenvalue weighted by Gasteiger charge is -2.27. The van der Waals surface area contributed by atoms with Gasteiger partial charge in [-0.05, 0) is 30.8 Å². The Balaban J connectivity index is 2.16.